The van der Waals surface area contributed by atoms with Gasteiger partial charge in [-0.1, -0.05) is 38.1 Å². The van der Waals surface area contributed by atoms with Gasteiger partial charge in [-0.05, 0) is 111 Å². The van der Waals surface area contributed by atoms with Gasteiger partial charge in [0.2, 0.25) is 0 Å². The average Bonchev–Trinajstić information content (AvgIpc) is 3.05. The molecule has 0 spiro atoms. The van der Waals surface area contributed by atoms with E-state index in [0.29, 0.717) is 54.9 Å². The van der Waals surface area contributed by atoms with E-state index in [4.69, 9.17) is 19.2 Å². The lowest BCUT2D eigenvalue weighted by Gasteiger charge is -2.18. The Morgan fingerprint density at radius 2 is 1.79 bits per heavy atom. The van der Waals surface area contributed by atoms with Crippen molar-refractivity contribution in [1.29, 1.82) is 0 Å². The van der Waals surface area contributed by atoms with Crippen LogP contribution in [0.4, 0.5) is 0 Å². The molecule has 5 aromatic rings. The molecule has 0 aliphatic carbocycles. The van der Waals surface area contributed by atoms with Crippen LogP contribution < -0.4 is 19.8 Å². The third-order valence-corrected chi connectivity index (χ3v) is 9.66. The fraction of sp³-hybridized carbons (Fsp3) is 0.222. The molecule has 0 atom stereocenters. The van der Waals surface area contributed by atoms with Gasteiger partial charge in [0.25, 0.3) is 5.56 Å². The standard InChI is InChI=1S/C36H33Br2N3O6/c1-6-46-29-14-21(4)27(17-26(29)20(2)3)34-40-28-13-8-7-12-25(28)35(42)41(34)39-18-24-16-30(45-5)33(32(38)31(24)37)47-19-22-10-9-11-23(15-22)36(43)44/h7-18,20H,6,19H2,1-5H3,(H,43,44). The molecule has 0 unspecified atom stereocenters. The van der Waals surface area contributed by atoms with E-state index < -0.39 is 5.97 Å². The lowest BCUT2D eigenvalue weighted by Crippen LogP contribution is -2.21. The molecule has 0 fully saturated rings. The highest BCUT2D eigenvalue weighted by Gasteiger charge is 2.20. The summed E-state index contributed by atoms with van der Waals surface area (Å²) in [6.07, 6.45) is 1.56. The molecule has 0 aliphatic rings. The number of carbonyl (C=O) groups is 1. The second kappa shape index (κ2) is 14.5. The number of nitrogens with zero attached hydrogens (tertiary/aromatic N) is 3. The average molecular weight is 763 g/mol. The van der Waals surface area contributed by atoms with E-state index >= 15 is 0 Å². The van der Waals surface area contributed by atoms with Crippen molar-refractivity contribution >= 4 is 54.9 Å². The van der Waals surface area contributed by atoms with E-state index in [-0.39, 0.29) is 23.6 Å². The second-order valence-electron chi connectivity index (χ2n) is 11.0. The van der Waals surface area contributed by atoms with Crippen LogP contribution in [0.1, 0.15) is 59.3 Å². The number of benzene rings is 4. The first-order valence-corrected chi connectivity index (χ1v) is 16.5. The van der Waals surface area contributed by atoms with Crippen molar-refractivity contribution in [3.05, 3.63) is 114 Å². The molecular formula is C36H33Br2N3O6. The SMILES string of the molecule is CCOc1cc(C)c(-c2nc3ccccc3c(=O)n2N=Cc2cc(OC)c(OCc3cccc(C(=O)O)c3)c(Br)c2Br)cc1C(C)C. The van der Waals surface area contributed by atoms with Crippen LogP contribution >= 0.6 is 31.9 Å². The van der Waals surface area contributed by atoms with Crippen LogP contribution in [-0.4, -0.2) is 40.7 Å². The molecule has 11 heteroatoms. The van der Waals surface area contributed by atoms with Gasteiger partial charge in [0, 0.05) is 15.6 Å². The number of hydrogen-bond donors (Lipinski definition) is 1. The Morgan fingerprint density at radius 1 is 1.02 bits per heavy atom. The lowest BCUT2D eigenvalue weighted by molar-refractivity contribution is 0.0696. The zero-order valence-electron chi connectivity index (χ0n) is 26.5. The van der Waals surface area contributed by atoms with Crippen molar-refractivity contribution in [2.45, 2.75) is 40.2 Å². The highest BCUT2D eigenvalue weighted by Crippen LogP contribution is 2.43. The minimum atomic E-state index is -1.01. The quantitative estimate of drug-likeness (QED) is 0.134. The summed E-state index contributed by atoms with van der Waals surface area (Å²) in [5, 5.41) is 14.5. The second-order valence-corrected chi connectivity index (χ2v) is 12.6. The van der Waals surface area contributed by atoms with Gasteiger partial charge in [0.1, 0.15) is 12.4 Å². The molecule has 242 valence electrons. The number of aromatic carboxylic acids is 1. The number of hydrogen-bond acceptors (Lipinski definition) is 7. The van der Waals surface area contributed by atoms with E-state index in [1.165, 1.54) is 17.9 Å². The monoisotopic (exact) mass is 761 g/mol. The van der Waals surface area contributed by atoms with Crippen LogP contribution in [0.25, 0.3) is 22.3 Å². The maximum Gasteiger partial charge on any atom is 0.335 e. The van der Waals surface area contributed by atoms with Crippen molar-refractivity contribution in [2.24, 2.45) is 5.10 Å². The highest BCUT2D eigenvalue weighted by atomic mass is 79.9. The maximum atomic E-state index is 13.9. The summed E-state index contributed by atoms with van der Waals surface area (Å²) in [5.74, 6) is 1.18. The molecule has 47 heavy (non-hydrogen) atoms. The Balaban J connectivity index is 1.60. The Morgan fingerprint density at radius 3 is 2.49 bits per heavy atom. The van der Waals surface area contributed by atoms with Crippen LogP contribution in [-0.2, 0) is 6.61 Å². The number of carboxylic acid groups (broad SMARTS) is 1. The van der Waals surface area contributed by atoms with Gasteiger partial charge in [-0.3, -0.25) is 4.79 Å². The molecule has 4 aromatic carbocycles. The maximum absolute atomic E-state index is 13.9. The highest BCUT2D eigenvalue weighted by molar-refractivity contribution is 9.13. The van der Waals surface area contributed by atoms with Crippen LogP contribution in [0, 0.1) is 6.92 Å². The normalized spacial score (nSPS) is 11.4. The van der Waals surface area contributed by atoms with Gasteiger partial charge in [0.05, 0.1) is 40.9 Å². The molecule has 0 aliphatic heterocycles. The van der Waals surface area contributed by atoms with Gasteiger partial charge in [-0.2, -0.15) is 9.78 Å². The summed E-state index contributed by atoms with van der Waals surface area (Å²) in [7, 11) is 1.52. The van der Waals surface area contributed by atoms with Crippen molar-refractivity contribution in [3.8, 4) is 28.6 Å². The molecule has 0 amide bonds. The predicted molar refractivity (Wildman–Crippen MR) is 191 cm³/mol. The molecule has 1 aromatic heterocycles. The number of carboxylic acids is 1. The van der Waals surface area contributed by atoms with E-state index in [0.717, 1.165) is 22.4 Å². The Kier molecular flexibility index (Phi) is 10.5. The van der Waals surface area contributed by atoms with E-state index in [9.17, 15) is 14.7 Å². The molecule has 0 radical (unpaired) electrons. The summed E-state index contributed by atoms with van der Waals surface area (Å²) >= 11 is 7.25. The number of ether oxygens (including phenoxy) is 3. The van der Waals surface area contributed by atoms with E-state index in [1.54, 1.807) is 42.6 Å². The lowest BCUT2D eigenvalue weighted by atomic mass is 9.96. The van der Waals surface area contributed by atoms with Crippen molar-refractivity contribution in [3.63, 3.8) is 0 Å². The van der Waals surface area contributed by atoms with Crippen LogP contribution in [0.3, 0.4) is 0 Å². The summed E-state index contributed by atoms with van der Waals surface area (Å²) in [6.45, 7) is 8.76. The summed E-state index contributed by atoms with van der Waals surface area (Å²) in [4.78, 5) is 30.3. The van der Waals surface area contributed by atoms with Crippen LogP contribution in [0.5, 0.6) is 17.2 Å². The minimum absolute atomic E-state index is 0.108. The first kappa shape index (κ1) is 33.9. The number of para-hydroxylation sites is 1. The first-order valence-electron chi connectivity index (χ1n) is 14.9. The Labute approximate surface area is 289 Å². The third-order valence-electron chi connectivity index (χ3n) is 7.52. The number of rotatable bonds is 11. The molecule has 1 N–H and O–H groups in total. The van der Waals surface area contributed by atoms with Crippen molar-refractivity contribution in [2.75, 3.05) is 13.7 Å². The molecule has 0 saturated heterocycles. The van der Waals surface area contributed by atoms with Gasteiger partial charge in [0.15, 0.2) is 17.3 Å². The Bertz CT molecular complexity index is 2070. The fourth-order valence-electron chi connectivity index (χ4n) is 5.13. The smallest absolute Gasteiger partial charge is 0.335 e. The molecule has 0 bridgehead atoms. The number of aromatic nitrogens is 2. The van der Waals surface area contributed by atoms with Gasteiger partial charge < -0.3 is 19.3 Å². The largest absolute Gasteiger partial charge is 0.494 e. The Hall–Kier alpha value is -4.48. The van der Waals surface area contributed by atoms with Gasteiger partial charge in [-0.15, -0.1) is 0 Å². The third kappa shape index (κ3) is 7.11. The summed E-state index contributed by atoms with van der Waals surface area (Å²) in [5.41, 5.74) is 4.38. The van der Waals surface area contributed by atoms with Gasteiger partial charge in [-0.25, -0.2) is 9.78 Å². The molecule has 1 heterocycles. The molecule has 9 nitrogen and oxygen atoms in total. The number of halogens is 2. The van der Waals surface area contributed by atoms with Crippen molar-refractivity contribution in [1.82, 2.24) is 9.66 Å². The number of aryl methyl sites for hydroxylation is 1. The minimum Gasteiger partial charge on any atom is -0.494 e. The predicted octanol–water partition coefficient (Wildman–Crippen LogP) is 8.59. The molecule has 5 rings (SSSR count). The zero-order chi connectivity index (χ0) is 33.8. The summed E-state index contributed by atoms with van der Waals surface area (Å²) < 4.78 is 20.2. The van der Waals surface area contributed by atoms with Crippen LogP contribution in [0.15, 0.2) is 85.6 Å². The number of fused-ring (bicyclic) bond motifs is 1. The summed E-state index contributed by atoms with van der Waals surface area (Å²) in [6, 6.07) is 19.5. The fourth-order valence-corrected chi connectivity index (χ4v) is 6.07. The van der Waals surface area contributed by atoms with Crippen molar-refractivity contribution < 1.29 is 24.1 Å². The molecular weight excluding hydrogens is 730 g/mol. The van der Waals surface area contributed by atoms with Gasteiger partial charge >= 0.3 is 5.97 Å². The zero-order valence-corrected chi connectivity index (χ0v) is 29.7. The van der Waals surface area contributed by atoms with E-state index in [2.05, 4.69) is 50.8 Å². The van der Waals surface area contributed by atoms with Crippen LogP contribution in [0.2, 0.25) is 0 Å². The van der Waals surface area contributed by atoms with E-state index in [1.807, 2.05) is 38.1 Å². The topological polar surface area (TPSA) is 112 Å². The first-order chi connectivity index (χ1) is 22.5. The molecule has 0 saturated carbocycles. The number of methoxy groups -OCH3 is 1.